The maximum atomic E-state index is 13.8. The van der Waals surface area contributed by atoms with Gasteiger partial charge in [-0.1, -0.05) is 0 Å². The first-order valence-electron chi connectivity index (χ1n) is 7.35. The summed E-state index contributed by atoms with van der Waals surface area (Å²) in [4.78, 5) is 9.23. The lowest BCUT2D eigenvalue weighted by atomic mass is 10.3. The van der Waals surface area contributed by atoms with E-state index in [4.69, 9.17) is 5.26 Å². The van der Waals surface area contributed by atoms with Crippen LogP contribution in [0.15, 0.2) is 35.5 Å². The zero-order valence-electron chi connectivity index (χ0n) is 12.9. The van der Waals surface area contributed by atoms with E-state index in [9.17, 15) is 17.2 Å². The fraction of sp³-hybridized carbons (Fsp3) is 0.267. The molecule has 0 radical (unpaired) electrons. The number of halogens is 2. The van der Waals surface area contributed by atoms with E-state index in [2.05, 4.69) is 9.97 Å². The van der Waals surface area contributed by atoms with Gasteiger partial charge in [-0.2, -0.15) is 9.57 Å². The molecule has 0 amide bonds. The van der Waals surface area contributed by atoms with E-state index in [1.54, 1.807) is 4.90 Å². The minimum absolute atomic E-state index is 0.0839. The molecule has 1 aromatic heterocycles. The van der Waals surface area contributed by atoms with Crippen molar-refractivity contribution in [2.75, 3.05) is 31.1 Å². The van der Waals surface area contributed by atoms with Gasteiger partial charge in [0.15, 0.2) is 11.5 Å². The van der Waals surface area contributed by atoms with Crippen LogP contribution in [0, 0.1) is 23.0 Å². The molecule has 25 heavy (non-hydrogen) atoms. The Morgan fingerprint density at radius 3 is 2.40 bits per heavy atom. The van der Waals surface area contributed by atoms with Crippen LogP contribution in [0.5, 0.6) is 0 Å². The maximum absolute atomic E-state index is 13.8. The molecule has 1 aliphatic rings. The summed E-state index contributed by atoms with van der Waals surface area (Å²) in [5, 5.41) is 9.07. The first-order chi connectivity index (χ1) is 11.9. The number of nitriles is 1. The molecule has 0 unspecified atom stereocenters. The summed E-state index contributed by atoms with van der Waals surface area (Å²) in [5.74, 6) is -1.58. The normalized spacial score (nSPS) is 15.8. The smallest absolute Gasteiger partial charge is 0.246 e. The highest BCUT2D eigenvalue weighted by Crippen LogP contribution is 2.23. The molecule has 2 aromatic rings. The molecule has 1 aromatic carbocycles. The van der Waals surface area contributed by atoms with Gasteiger partial charge in [-0.05, 0) is 12.1 Å². The molecule has 3 rings (SSSR count). The summed E-state index contributed by atoms with van der Waals surface area (Å²) in [6, 6.07) is 4.31. The molecule has 0 aliphatic carbocycles. The van der Waals surface area contributed by atoms with Crippen molar-refractivity contribution in [1.82, 2.24) is 14.3 Å². The SMILES string of the molecule is N#Cc1nccnc1N1CCN(S(=O)(=O)c2ccc(F)cc2F)CC1. The van der Waals surface area contributed by atoms with E-state index in [0.29, 0.717) is 11.9 Å². The van der Waals surface area contributed by atoms with Crippen molar-refractivity contribution in [3.05, 3.63) is 47.9 Å². The lowest BCUT2D eigenvalue weighted by Crippen LogP contribution is -2.49. The summed E-state index contributed by atoms with van der Waals surface area (Å²) < 4.78 is 53.1. The standard InChI is InChI=1S/C15H13F2N5O2S/c16-11-1-2-14(12(17)9-11)25(23,24)22-7-5-21(6-8-22)15-13(10-18)19-3-4-20-15/h1-4,9H,5-8H2. The van der Waals surface area contributed by atoms with E-state index in [0.717, 1.165) is 16.4 Å². The summed E-state index contributed by atoms with van der Waals surface area (Å²) in [5.41, 5.74) is 0.156. The lowest BCUT2D eigenvalue weighted by Gasteiger charge is -2.34. The van der Waals surface area contributed by atoms with Crippen molar-refractivity contribution >= 4 is 15.8 Å². The Bertz CT molecular complexity index is 937. The lowest BCUT2D eigenvalue weighted by molar-refractivity contribution is 0.381. The molecular weight excluding hydrogens is 352 g/mol. The van der Waals surface area contributed by atoms with Crippen molar-refractivity contribution < 1.29 is 17.2 Å². The predicted octanol–water partition coefficient (Wildman–Crippen LogP) is 1.14. The van der Waals surface area contributed by atoms with Gasteiger partial charge in [-0.15, -0.1) is 0 Å². The van der Waals surface area contributed by atoms with E-state index < -0.39 is 26.6 Å². The second-order valence-corrected chi connectivity index (χ2v) is 7.21. The number of sulfonamides is 1. The third-order valence-electron chi connectivity index (χ3n) is 3.83. The van der Waals surface area contributed by atoms with E-state index in [-0.39, 0.29) is 31.9 Å². The third-order valence-corrected chi connectivity index (χ3v) is 5.77. The first kappa shape index (κ1) is 17.2. The van der Waals surface area contributed by atoms with Gasteiger partial charge in [0.2, 0.25) is 10.0 Å². The number of benzene rings is 1. The van der Waals surface area contributed by atoms with Crippen LogP contribution in [0.1, 0.15) is 5.69 Å². The molecule has 10 heteroatoms. The zero-order valence-corrected chi connectivity index (χ0v) is 13.7. The molecular formula is C15H13F2N5O2S. The highest BCUT2D eigenvalue weighted by molar-refractivity contribution is 7.89. The van der Waals surface area contributed by atoms with E-state index in [1.165, 1.54) is 12.4 Å². The van der Waals surface area contributed by atoms with Crippen molar-refractivity contribution in [2.24, 2.45) is 0 Å². The van der Waals surface area contributed by atoms with Gasteiger partial charge in [0.05, 0.1) is 0 Å². The monoisotopic (exact) mass is 365 g/mol. The topological polar surface area (TPSA) is 90.2 Å². The van der Waals surface area contributed by atoms with Crippen LogP contribution in [-0.4, -0.2) is 48.9 Å². The number of piperazine rings is 1. The van der Waals surface area contributed by atoms with Crippen LogP contribution in [0.25, 0.3) is 0 Å². The van der Waals surface area contributed by atoms with Crippen LogP contribution in [0.3, 0.4) is 0 Å². The highest BCUT2D eigenvalue weighted by Gasteiger charge is 2.31. The number of hydrogen-bond acceptors (Lipinski definition) is 6. The second kappa shape index (κ2) is 6.70. The first-order valence-corrected chi connectivity index (χ1v) is 8.79. The van der Waals surface area contributed by atoms with Crippen LogP contribution in [0.4, 0.5) is 14.6 Å². The molecule has 1 saturated heterocycles. The Labute approximate surface area is 143 Å². The predicted molar refractivity (Wildman–Crippen MR) is 84.1 cm³/mol. The van der Waals surface area contributed by atoms with Crippen LogP contribution < -0.4 is 4.90 Å². The molecule has 130 valence electrons. The Hall–Kier alpha value is -2.64. The van der Waals surface area contributed by atoms with Gasteiger partial charge in [0, 0.05) is 44.6 Å². The van der Waals surface area contributed by atoms with Crippen molar-refractivity contribution in [3.8, 4) is 6.07 Å². The van der Waals surface area contributed by atoms with E-state index in [1.807, 2.05) is 6.07 Å². The number of rotatable bonds is 3. The van der Waals surface area contributed by atoms with Crippen molar-refractivity contribution in [1.29, 1.82) is 5.26 Å². The second-order valence-electron chi connectivity index (χ2n) is 5.31. The number of anilines is 1. The quantitative estimate of drug-likeness (QED) is 0.810. The molecule has 0 spiro atoms. The molecule has 0 N–H and O–H groups in total. The van der Waals surface area contributed by atoms with Crippen LogP contribution >= 0.6 is 0 Å². The average molecular weight is 365 g/mol. The van der Waals surface area contributed by atoms with Crippen molar-refractivity contribution in [3.63, 3.8) is 0 Å². The Kier molecular flexibility index (Phi) is 4.61. The molecule has 0 saturated carbocycles. The highest BCUT2D eigenvalue weighted by atomic mass is 32.2. The van der Waals surface area contributed by atoms with Gasteiger partial charge in [0.25, 0.3) is 0 Å². The third kappa shape index (κ3) is 3.29. The summed E-state index contributed by atoms with van der Waals surface area (Å²) in [7, 11) is -4.07. The fourth-order valence-electron chi connectivity index (χ4n) is 2.60. The molecule has 0 bridgehead atoms. The van der Waals surface area contributed by atoms with Gasteiger partial charge < -0.3 is 4.90 Å². The number of nitrogens with zero attached hydrogens (tertiary/aromatic N) is 5. The van der Waals surface area contributed by atoms with Crippen LogP contribution in [-0.2, 0) is 10.0 Å². The minimum Gasteiger partial charge on any atom is -0.352 e. The molecule has 1 aliphatic heterocycles. The Balaban J connectivity index is 1.79. The molecule has 1 fully saturated rings. The largest absolute Gasteiger partial charge is 0.352 e. The summed E-state index contributed by atoms with van der Waals surface area (Å²) >= 11 is 0. The molecule has 2 heterocycles. The summed E-state index contributed by atoms with van der Waals surface area (Å²) in [6.07, 6.45) is 2.85. The van der Waals surface area contributed by atoms with Crippen molar-refractivity contribution in [2.45, 2.75) is 4.90 Å². The summed E-state index contributed by atoms with van der Waals surface area (Å²) in [6.45, 7) is 0.714. The Morgan fingerprint density at radius 1 is 1.08 bits per heavy atom. The van der Waals surface area contributed by atoms with Gasteiger partial charge in [-0.25, -0.2) is 27.2 Å². The molecule has 0 atom stereocenters. The molecule has 7 nitrogen and oxygen atoms in total. The fourth-order valence-corrected chi connectivity index (χ4v) is 4.07. The number of hydrogen-bond donors (Lipinski definition) is 0. The maximum Gasteiger partial charge on any atom is 0.246 e. The van der Waals surface area contributed by atoms with Gasteiger partial charge >= 0.3 is 0 Å². The van der Waals surface area contributed by atoms with Gasteiger partial charge in [0.1, 0.15) is 22.6 Å². The minimum atomic E-state index is -4.07. The zero-order chi connectivity index (χ0) is 18.0. The van der Waals surface area contributed by atoms with Crippen LogP contribution in [0.2, 0.25) is 0 Å². The number of aromatic nitrogens is 2. The van der Waals surface area contributed by atoms with E-state index >= 15 is 0 Å². The van der Waals surface area contributed by atoms with Gasteiger partial charge in [-0.3, -0.25) is 0 Å². The average Bonchev–Trinajstić information content (AvgIpc) is 2.61. The Morgan fingerprint density at radius 2 is 1.76 bits per heavy atom.